The average molecular weight is 416 g/mol. The number of rotatable bonds is 8. The highest BCUT2D eigenvalue weighted by atomic mass is 16.5. The van der Waals surface area contributed by atoms with Gasteiger partial charge in [0, 0.05) is 24.5 Å². The summed E-state index contributed by atoms with van der Waals surface area (Å²) in [7, 11) is 3.13. The highest BCUT2D eigenvalue weighted by molar-refractivity contribution is 5.88. The largest absolute Gasteiger partial charge is 0.496 e. The van der Waals surface area contributed by atoms with E-state index in [1.807, 2.05) is 37.3 Å². The Morgan fingerprint density at radius 1 is 1.10 bits per heavy atom. The molecule has 0 radical (unpaired) electrons. The van der Waals surface area contributed by atoms with Crippen LogP contribution in [0.2, 0.25) is 0 Å². The quantitative estimate of drug-likeness (QED) is 0.683. The Labute approximate surface area is 176 Å². The van der Waals surface area contributed by atoms with Crippen molar-refractivity contribution in [3.05, 3.63) is 53.1 Å². The second-order valence-electron chi connectivity index (χ2n) is 7.11. The van der Waals surface area contributed by atoms with Gasteiger partial charge in [0.1, 0.15) is 29.5 Å². The number of carbonyl (C=O) groups excluding carboxylic acids is 1. The second kappa shape index (κ2) is 9.93. The normalized spacial score (nSPS) is 21.4. The van der Waals surface area contributed by atoms with Crippen molar-refractivity contribution in [2.45, 2.75) is 38.1 Å². The summed E-state index contributed by atoms with van der Waals surface area (Å²) in [6.45, 7) is 2.07. The molecule has 1 heterocycles. The van der Waals surface area contributed by atoms with Gasteiger partial charge in [0.2, 0.25) is 0 Å². The average Bonchev–Trinajstić information content (AvgIpc) is 2.76. The summed E-state index contributed by atoms with van der Waals surface area (Å²) in [6.07, 6.45) is -2.14. The molecule has 1 fully saturated rings. The number of hydrogen-bond donors (Lipinski definition) is 2. The molecule has 30 heavy (non-hydrogen) atoms. The maximum absolute atomic E-state index is 12.0. The van der Waals surface area contributed by atoms with Gasteiger partial charge in [-0.15, -0.1) is 0 Å². The van der Waals surface area contributed by atoms with Crippen LogP contribution in [0.15, 0.2) is 36.4 Å². The van der Waals surface area contributed by atoms with E-state index in [0.29, 0.717) is 30.1 Å². The summed E-state index contributed by atoms with van der Waals surface area (Å²) in [5.74, 6) is 1.50. The van der Waals surface area contributed by atoms with E-state index in [-0.39, 0.29) is 6.42 Å². The number of methoxy groups -OCH3 is 2. The molecule has 1 aliphatic rings. The first-order valence-corrected chi connectivity index (χ1v) is 9.95. The topological polar surface area (TPSA) is 94.5 Å². The molecule has 0 spiro atoms. The molecule has 0 aromatic heterocycles. The Kier molecular flexibility index (Phi) is 7.31. The van der Waals surface area contributed by atoms with Crippen LogP contribution in [0, 0.1) is 0 Å². The summed E-state index contributed by atoms with van der Waals surface area (Å²) < 4.78 is 22.3. The van der Waals surface area contributed by atoms with Gasteiger partial charge in [-0.2, -0.15) is 0 Å². The number of benzene rings is 2. The molecule has 3 atom stereocenters. The maximum Gasteiger partial charge on any atom is 0.192 e. The predicted molar refractivity (Wildman–Crippen MR) is 110 cm³/mol. The van der Waals surface area contributed by atoms with E-state index in [9.17, 15) is 15.0 Å². The third-order valence-corrected chi connectivity index (χ3v) is 5.19. The molecule has 0 unspecified atom stereocenters. The van der Waals surface area contributed by atoms with E-state index >= 15 is 0 Å². The Hall–Kier alpha value is -2.61. The molecular weight excluding hydrogens is 388 g/mol. The standard InChI is InChI=1S/C23H28O7/c1-4-29-16-7-5-14(6-8-16)9-15-10-17(20(28-3)12-19(15)27-2)21-11-18(25)23(26)22(13-24)30-21/h5-8,10,12,18,21-22,24-25H,4,9,11,13H2,1-3H3/t18-,21-,22-/m1/s1. The summed E-state index contributed by atoms with van der Waals surface area (Å²) in [4.78, 5) is 12.0. The number of aliphatic hydroxyl groups excluding tert-OH is 2. The minimum absolute atomic E-state index is 0.0977. The number of ketones is 1. The van der Waals surface area contributed by atoms with Gasteiger partial charge in [-0.05, 0) is 36.2 Å². The molecule has 3 rings (SSSR count). The molecule has 2 aromatic carbocycles. The molecule has 0 bridgehead atoms. The van der Waals surface area contributed by atoms with Crippen molar-refractivity contribution in [2.75, 3.05) is 27.4 Å². The van der Waals surface area contributed by atoms with Crippen molar-refractivity contribution >= 4 is 5.78 Å². The summed E-state index contributed by atoms with van der Waals surface area (Å²) >= 11 is 0. The summed E-state index contributed by atoms with van der Waals surface area (Å²) in [5.41, 5.74) is 2.68. The summed E-state index contributed by atoms with van der Waals surface area (Å²) in [6, 6.07) is 11.5. The first-order chi connectivity index (χ1) is 14.5. The minimum atomic E-state index is -1.19. The zero-order chi connectivity index (χ0) is 21.7. The molecule has 1 saturated heterocycles. The molecule has 0 saturated carbocycles. The Morgan fingerprint density at radius 2 is 1.80 bits per heavy atom. The fraction of sp³-hybridized carbons (Fsp3) is 0.435. The number of aliphatic hydroxyl groups is 2. The number of hydrogen-bond acceptors (Lipinski definition) is 7. The molecule has 1 aliphatic heterocycles. The molecule has 0 aliphatic carbocycles. The third-order valence-electron chi connectivity index (χ3n) is 5.19. The van der Waals surface area contributed by atoms with Gasteiger partial charge in [0.25, 0.3) is 0 Å². The zero-order valence-electron chi connectivity index (χ0n) is 17.5. The molecule has 7 heteroatoms. The van der Waals surface area contributed by atoms with Crippen LogP contribution in [0.5, 0.6) is 17.2 Å². The molecule has 162 valence electrons. The lowest BCUT2D eigenvalue weighted by atomic mass is 9.92. The zero-order valence-corrected chi connectivity index (χ0v) is 17.5. The van der Waals surface area contributed by atoms with Gasteiger partial charge >= 0.3 is 0 Å². The lowest BCUT2D eigenvalue weighted by Crippen LogP contribution is -2.43. The van der Waals surface area contributed by atoms with Gasteiger partial charge in [0.15, 0.2) is 5.78 Å². The highest BCUT2D eigenvalue weighted by Gasteiger charge is 2.37. The predicted octanol–water partition coefficient (Wildman–Crippen LogP) is 2.45. The van der Waals surface area contributed by atoms with E-state index in [1.165, 1.54) is 0 Å². The van der Waals surface area contributed by atoms with Gasteiger partial charge in [-0.1, -0.05) is 12.1 Å². The molecular formula is C23H28O7. The fourth-order valence-electron chi connectivity index (χ4n) is 3.66. The van der Waals surface area contributed by atoms with E-state index in [0.717, 1.165) is 16.9 Å². The number of carbonyl (C=O) groups is 1. The van der Waals surface area contributed by atoms with Crippen LogP contribution in [0.1, 0.15) is 36.1 Å². The highest BCUT2D eigenvalue weighted by Crippen LogP contribution is 2.39. The fourth-order valence-corrected chi connectivity index (χ4v) is 3.66. The van der Waals surface area contributed by atoms with Gasteiger partial charge in [-0.25, -0.2) is 0 Å². The van der Waals surface area contributed by atoms with E-state index in [2.05, 4.69) is 0 Å². The molecule has 7 nitrogen and oxygen atoms in total. The van der Waals surface area contributed by atoms with Crippen LogP contribution in [0.3, 0.4) is 0 Å². The van der Waals surface area contributed by atoms with Crippen LogP contribution >= 0.6 is 0 Å². The second-order valence-corrected chi connectivity index (χ2v) is 7.11. The van der Waals surface area contributed by atoms with Gasteiger partial charge in [-0.3, -0.25) is 4.79 Å². The molecule has 2 N–H and O–H groups in total. The minimum Gasteiger partial charge on any atom is -0.496 e. The van der Waals surface area contributed by atoms with Crippen molar-refractivity contribution in [2.24, 2.45) is 0 Å². The van der Waals surface area contributed by atoms with Crippen LogP contribution in [-0.2, 0) is 16.0 Å². The Balaban J connectivity index is 1.93. The van der Waals surface area contributed by atoms with E-state index in [1.54, 1.807) is 20.3 Å². The first kappa shape index (κ1) is 22.1. The van der Waals surface area contributed by atoms with Crippen molar-refractivity contribution in [3.8, 4) is 17.2 Å². The van der Waals surface area contributed by atoms with Crippen LogP contribution in [-0.4, -0.2) is 55.6 Å². The lowest BCUT2D eigenvalue weighted by Gasteiger charge is -2.32. The molecule has 0 amide bonds. The van der Waals surface area contributed by atoms with E-state index < -0.39 is 30.7 Å². The monoisotopic (exact) mass is 416 g/mol. The Bertz CT molecular complexity index is 863. The molecule has 2 aromatic rings. The van der Waals surface area contributed by atoms with Crippen molar-refractivity contribution in [1.82, 2.24) is 0 Å². The first-order valence-electron chi connectivity index (χ1n) is 9.95. The maximum atomic E-state index is 12.0. The SMILES string of the molecule is CCOc1ccc(Cc2cc([C@H]3C[C@@H](O)C(=O)[C@@H](CO)O3)c(OC)cc2OC)cc1. The lowest BCUT2D eigenvalue weighted by molar-refractivity contribution is -0.162. The number of Topliss-reactive ketones (excluding diaryl/α,β-unsaturated/α-hetero) is 1. The van der Waals surface area contributed by atoms with Crippen LogP contribution < -0.4 is 14.2 Å². The van der Waals surface area contributed by atoms with Crippen molar-refractivity contribution in [3.63, 3.8) is 0 Å². The van der Waals surface area contributed by atoms with Crippen LogP contribution in [0.4, 0.5) is 0 Å². The van der Waals surface area contributed by atoms with Crippen molar-refractivity contribution in [1.29, 1.82) is 0 Å². The summed E-state index contributed by atoms with van der Waals surface area (Å²) in [5, 5.41) is 19.6. The van der Waals surface area contributed by atoms with Gasteiger partial charge < -0.3 is 29.2 Å². The van der Waals surface area contributed by atoms with Gasteiger partial charge in [0.05, 0.1) is 33.5 Å². The van der Waals surface area contributed by atoms with Crippen LogP contribution in [0.25, 0.3) is 0 Å². The third kappa shape index (κ3) is 4.75. The number of ether oxygens (including phenoxy) is 4. The smallest absolute Gasteiger partial charge is 0.192 e. The van der Waals surface area contributed by atoms with E-state index in [4.69, 9.17) is 18.9 Å². The van der Waals surface area contributed by atoms with Crippen molar-refractivity contribution < 1.29 is 34.0 Å². The Morgan fingerprint density at radius 3 is 2.40 bits per heavy atom.